The summed E-state index contributed by atoms with van der Waals surface area (Å²) < 4.78 is 0. The van der Waals surface area contributed by atoms with Crippen LogP contribution in [0.25, 0.3) is 11.1 Å². The molecule has 0 spiro atoms. The molecule has 22 heavy (non-hydrogen) atoms. The maximum atomic E-state index is 11.4. The van der Waals surface area contributed by atoms with Crippen LogP contribution >= 0.6 is 0 Å². The number of benzene rings is 2. The maximum Gasteiger partial charge on any atom is 0.307 e. The van der Waals surface area contributed by atoms with Crippen LogP contribution in [0, 0.1) is 20.8 Å². The summed E-state index contributed by atoms with van der Waals surface area (Å²) in [6, 6.07) is 8.36. The van der Waals surface area contributed by atoms with Gasteiger partial charge in [-0.05, 0) is 59.7 Å². The molecule has 0 unspecified atom stereocenters. The topological polar surface area (TPSA) is 49.3 Å². The molecule has 114 valence electrons. The lowest BCUT2D eigenvalue weighted by atomic mass is 9.84. The van der Waals surface area contributed by atoms with E-state index >= 15 is 0 Å². The van der Waals surface area contributed by atoms with Crippen LogP contribution in [0.3, 0.4) is 0 Å². The van der Waals surface area contributed by atoms with Crippen molar-refractivity contribution in [3.8, 4) is 11.1 Å². The van der Waals surface area contributed by atoms with Gasteiger partial charge in [-0.2, -0.15) is 0 Å². The standard InChI is InChI=1S/C19H21NO2/c1-11-4-6-14(7-5-11)19-13(3)17-10-20-9-16(17)12(2)15(19)8-18(21)22/h4-7,20H,8-10H2,1-3H3,(H,21,22). The second kappa shape index (κ2) is 5.58. The van der Waals surface area contributed by atoms with Crippen LogP contribution < -0.4 is 5.32 Å². The van der Waals surface area contributed by atoms with E-state index in [0.717, 1.165) is 35.3 Å². The van der Waals surface area contributed by atoms with Crippen molar-refractivity contribution in [1.29, 1.82) is 0 Å². The normalized spacial score (nSPS) is 13.2. The van der Waals surface area contributed by atoms with Crippen molar-refractivity contribution in [2.45, 2.75) is 40.3 Å². The summed E-state index contributed by atoms with van der Waals surface area (Å²) in [6.45, 7) is 7.94. The molecular weight excluding hydrogens is 274 g/mol. The van der Waals surface area contributed by atoms with Gasteiger partial charge in [0.2, 0.25) is 0 Å². The second-order valence-electron chi connectivity index (χ2n) is 6.10. The van der Waals surface area contributed by atoms with Crippen LogP contribution in [-0.4, -0.2) is 11.1 Å². The van der Waals surface area contributed by atoms with E-state index in [2.05, 4.69) is 50.4 Å². The highest BCUT2D eigenvalue weighted by Gasteiger charge is 2.24. The van der Waals surface area contributed by atoms with Crippen LogP contribution in [-0.2, 0) is 24.3 Å². The Bertz CT molecular complexity index is 745. The fourth-order valence-corrected chi connectivity index (χ4v) is 3.47. The zero-order valence-electron chi connectivity index (χ0n) is 13.3. The van der Waals surface area contributed by atoms with Crippen LogP contribution in [0.2, 0.25) is 0 Å². The molecule has 3 heteroatoms. The van der Waals surface area contributed by atoms with Gasteiger partial charge in [0.1, 0.15) is 0 Å². The smallest absolute Gasteiger partial charge is 0.307 e. The summed E-state index contributed by atoms with van der Waals surface area (Å²) in [6.07, 6.45) is 0.0726. The molecule has 1 aliphatic rings. The van der Waals surface area contributed by atoms with E-state index in [0.29, 0.717) is 0 Å². The molecule has 0 saturated carbocycles. The molecule has 1 aliphatic heterocycles. The van der Waals surface area contributed by atoms with Gasteiger partial charge in [0, 0.05) is 13.1 Å². The van der Waals surface area contributed by atoms with Gasteiger partial charge in [0.25, 0.3) is 0 Å². The van der Waals surface area contributed by atoms with Gasteiger partial charge in [-0.15, -0.1) is 0 Å². The third-order valence-electron chi connectivity index (χ3n) is 4.67. The van der Waals surface area contributed by atoms with Crippen molar-refractivity contribution in [2.75, 3.05) is 0 Å². The Labute approximate surface area is 131 Å². The number of carboxylic acid groups (broad SMARTS) is 1. The van der Waals surface area contributed by atoms with E-state index < -0.39 is 5.97 Å². The van der Waals surface area contributed by atoms with Gasteiger partial charge in [0.15, 0.2) is 0 Å². The summed E-state index contributed by atoms with van der Waals surface area (Å²) in [4.78, 5) is 11.4. The quantitative estimate of drug-likeness (QED) is 0.911. The highest BCUT2D eigenvalue weighted by atomic mass is 16.4. The zero-order chi connectivity index (χ0) is 15.9. The Morgan fingerprint density at radius 3 is 2.23 bits per heavy atom. The molecule has 2 aromatic carbocycles. The van der Waals surface area contributed by atoms with Crippen molar-refractivity contribution >= 4 is 5.97 Å². The fourth-order valence-electron chi connectivity index (χ4n) is 3.47. The lowest BCUT2D eigenvalue weighted by molar-refractivity contribution is -0.136. The Balaban J connectivity index is 2.29. The van der Waals surface area contributed by atoms with Crippen LogP contribution in [0.5, 0.6) is 0 Å². The Morgan fingerprint density at radius 1 is 1.05 bits per heavy atom. The number of aliphatic carboxylic acids is 1. The van der Waals surface area contributed by atoms with E-state index in [1.807, 2.05) is 0 Å². The summed E-state index contributed by atoms with van der Waals surface area (Å²) >= 11 is 0. The molecule has 0 amide bonds. The largest absolute Gasteiger partial charge is 0.481 e. The molecule has 2 N–H and O–H groups in total. The van der Waals surface area contributed by atoms with Crippen LogP contribution in [0.15, 0.2) is 24.3 Å². The Kier molecular flexibility index (Phi) is 3.75. The van der Waals surface area contributed by atoms with E-state index in [1.54, 1.807) is 0 Å². The highest BCUT2D eigenvalue weighted by molar-refractivity contribution is 5.81. The summed E-state index contributed by atoms with van der Waals surface area (Å²) in [5.41, 5.74) is 9.33. The molecule has 3 nitrogen and oxygen atoms in total. The molecule has 0 fully saturated rings. The number of rotatable bonds is 3. The number of fused-ring (bicyclic) bond motifs is 1. The lowest BCUT2D eigenvalue weighted by Gasteiger charge is -2.20. The maximum absolute atomic E-state index is 11.4. The van der Waals surface area contributed by atoms with Crippen LogP contribution in [0.4, 0.5) is 0 Å². The van der Waals surface area contributed by atoms with Crippen molar-refractivity contribution in [3.63, 3.8) is 0 Å². The van der Waals surface area contributed by atoms with E-state index in [1.165, 1.54) is 22.3 Å². The van der Waals surface area contributed by atoms with E-state index in [-0.39, 0.29) is 6.42 Å². The average Bonchev–Trinajstić information content (AvgIpc) is 2.96. The van der Waals surface area contributed by atoms with Gasteiger partial charge >= 0.3 is 5.97 Å². The molecule has 0 atom stereocenters. The number of nitrogens with one attached hydrogen (secondary N) is 1. The molecule has 0 saturated heterocycles. The van der Waals surface area contributed by atoms with E-state index in [4.69, 9.17) is 0 Å². The highest BCUT2D eigenvalue weighted by Crippen LogP contribution is 2.37. The number of carbonyl (C=O) groups is 1. The average molecular weight is 295 g/mol. The molecule has 0 radical (unpaired) electrons. The summed E-state index contributed by atoms with van der Waals surface area (Å²) in [5.74, 6) is -0.776. The predicted molar refractivity (Wildman–Crippen MR) is 88.0 cm³/mol. The minimum absolute atomic E-state index is 0.0726. The number of carboxylic acids is 1. The molecular formula is C19H21NO2. The number of aryl methyl sites for hydroxylation is 1. The minimum Gasteiger partial charge on any atom is -0.481 e. The van der Waals surface area contributed by atoms with Crippen LogP contribution in [0.1, 0.15) is 33.4 Å². The van der Waals surface area contributed by atoms with E-state index in [9.17, 15) is 9.90 Å². The minimum atomic E-state index is -0.776. The molecule has 0 aromatic heterocycles. The number of hydrogen-bond acceptors (Lipinski definition) is 2. The van der Waals surface area contributed by atoms with Crippen molar-refractivity contribution in [1.82, 2.24) is 5.32 Å². The van der Waals surface area contributed by atoms with Gasteiger partial charge in [-0.3, -0.25) is 4.79 Å². The second-order valence-corrected chi connectivity index (χ2v) is 6.10. The molecule has 0 bridgehead atoms. The van der Waals surface area contributed by atoms with Gasteiger partial charge < -0.3 is 10.4 Å². The third kappa shape index (κ3) is 2.42. The summed E-state index contributed by atoms with van der Waals surface area (Å²) in [7, 11) is 0. The third-order valence-corrected chi connectivity index (χ3v) is 4.67. The Hall–Kier alpha value is -2.13. The summed E-state index contributed by atoms with van der Waals surface area (Å²) in [5, 5.41) is 12.7. The zero-order valence-corrected chi connectivity index (χ0v) is 13.3. The molecule has 0 aliphatic carbocycles. The molecule has 2 aromatic rings. The monoisotopic (exact) mass is 295 g/mol. The van der Waals surface area contributed by atoms with Gasteiger partial charge in [-0.1, -0.05) is 29.8 Å². The van der Waals surface area contributed by atoms with Gasteiger partial charge in [0.05, 0.1) is 6.42 Å². The van der Waals surface area contributed by atoms with Crippen molar-refractivity contribution in [2.24, 2.45) is 0 Å². The lowest BCUT2D eigenvalue weighted by Crippen LogP contribution is -2.09. The first kappa shape index (κ1) is 14.8. The Morgan fingerprint density at radius 2 is 1.64 bits per heavy atom. The van der Waals surface area contributed by atoms with Crippen molar-refractivity contribution < 1.29 is 9.90 Å². The first-order valence-corrected chi connectivity index (χ1v) is 7.62. The number of hydrogen-bond donors (Lipinski definition) is 2. The first-order chi connectivity index (χ1) is 10.5. The fraction of sp³-hybridized carbons (Fsp3) is 0.316. The van der Waals surface area contributed by atoms with Gasteiger partial charge in [-0.25, -0.2) is 0 Å². The predicted octanol–water partition coefficient (Wildman–Crippen LogP) is 3.51. The molecule has 3 rings (SSSR count). The first-order valence-electron chi connectivity index (χ1n) is 7.62. The SMILES string of the molecule is Cc1ccc(-c2c(C)c3c(c(C)c2CC(=O)O)CNC3)cc1. The van der Waals surface area contributed by atoms with Crippen molar-refractivity contribution in [3.05, 3.63) is 57.6 Å². The molecule has 1 heterocycles.